The third-order valence-electron chi connectivity index (χ3n) is 2.46. The normalized spacial score (nSPS) is 9.85. The summed E-state index contributed by atoms with van der Waals surface area (Å²) in [5, 5.41) is 18.5. The summed E-state index contributed by atoms with van der Waals surface area (Å²) in [5.41, 5.74) is 0.266. The Balaban J connectivity index is 2.50. The number of benzene rings is 2. The quantitative estimate of drug-likeness (QED) is 0.885. The van der Waals surface area contributed by atoms with Crippen LogP contribution in [-0.4, -0.2) is 11.1 Å². The lowest BCUT2D eigenvalue weighted by Gasteiger charge is -2.10. The number of ether oxygens (including phenoxy) is 1. The Morgan fingerprint density at radius 2 is 2.00 bits per heavy atom. The van der Waals surface area contributed by atoms with Gasteiger partial charge in [-0.15, -0.1) is 0 Å². The summed E-state index contributed by atoms with van der Waals surface area (Å²) >= 11 is 9.11. The van der Waals surface area contributed by atoms with E-state index in [-0.39, 0.29) is 17.1 Å². The summed E-state index contributed by atoms with van der Waals surface area (Å²) in [5.74, 6) is -0.795. The molecule has 0 aliphatic carbocycles. The number of aromatic carboxylic acids is 1. The Hall–Kier alpha value is -2.03. The van der Waals surface area contributed by atoms with Crippen molar-refractivity contribution in [3.63, 3.8) is 0 Å². The van der Waals surface area contributed by atoms with E-state index in [1.807, 2.05) is 6.07 Å². The van der Waals surface area contributed by atoms with E-state index in [1.54, 1.807) is 18.2 Å². The number of halogens is 2. The van der Waals surface area contributed by atoms with Gasteiger partial charge in [0.05, 0.1) is 5.56 Å². The van der Waals surface area contributed by atoms with E-state index in [2.05, 4.69) is 15.9 Å². The van der Waals surface area contributed by atoms with Gasteiger partial charge in [-0.2, -0.15) is 5.26 Å². The van der Waals surface area contributed by atoms with Crippen LogP contribution in [0.1, 0.15) is 15.9 Å². The number of hydrogen-bond acceptors (Lipinski definition) is 3. The standard InChI is InChI=1S/C14H7BrClNO3/c15-9-2-1-8(7-17)12(5-9)20-13-6-10(16)3-4-11(13)14(18)19/h1-6H,(H,18,19). The fourth-order valence-electron chi connectivity index (χ4n) is 1.55. The van der Waals surface area contributed by atoms with E-state index in [4.69, 9.17) is 26.7 Å². The smallest absolute Gasteiger partial charge is 0.339 e. The molecule has 0 heterocycles. The van der Waals surface area contributed by atoms with Crippen LogP contribution in [0.5, 0.6) is 11.5 Å². The highest BCUT2D eigenvalue weighted by Gasteiger charge is 2.14. The van der Waals surface area contributed by atoms with E-state index in [0.29, 0.717) is 15.1 Å². The average molecular weight is 353 g/mol. The van der Waals surface area contributed by atoms with Gasteiger partial charge in [0.25, 0.3) is 0 Å². The van der Waals surface area contributed by atoms with Crippen LogP contribution in [0.2, 0.25) is 5.02 Å². The summed E-state index contributed by atoms with van der Waals surface area (Å²) in [6.07, 6.45) is 0. The maximum atomic E-state index is 11.1. The van der Waals surface area contributed by atoms with Crippen molar-refractivity contribution < 1.29 is 14.6 Å². The third-order valence-corrected chi connectivity index (χ3v) is 3.19. The van der Waals surface area contributed by atoms with E-state index in [1.165, 1.54) is 18.2 Å². The molecule has 2 rings (SSSR count). The van der Waals surface area contributed by atoms with Crippen LogP contribution in [0.25, 0.3) is 0 Å². The molecule has 1 N–H and O–H groups in total. The summed E-state index contributed by atoms with van der Waals surface area (Å²) < 4.78 is 6.25. The maximum absolute atomic E-state index is 11.1. The third kappa shape index (κ3) is 3.10. The Morgan fingerprint density at radius 1 is 1.25 bits per heavy atom. The van der Waals surface area contributed by atoms with Crippen LogP contribution in [0, 0.1) is 11.3 Å². The zero-order valence-electron chi connectivity index (χ0n) is 9.93. The molecule has 0 fully saturated rings. The predicted molar refractivity (Wildman–Crippen MR) is 77.3 cm³/mol. The molecule has 4 nitrogen and oxygen atoms in total. The summed E-state index contributed by atoms with van der Waals surface area (Å²) in [7, 11) is 0. The SMILES string of the molecule is N#Cc1ccc(Br)cc1Oc1cc(Cl)ccc1C(=O)O. The second-order valence-electron chi connectivity index (χ2n) is 3.80. The van der Waals surface area contributed by atoms with Crippen molar-refractivity contribution in [2.75, 3.05) is 0 Å². The molecule has 0 aliphatic rings. The molecule has 0 atom stereocenters. The van der Waals surface area contributed by atoms with E-state index in [0.717, 1.165) is 0 Å². The summed E-state index contributed by atoms with van der Waals surface area (Å²) in [4.78, 5) is 11.1. The minimum Gasteiger partial charge on any atom is -0.478 e. The highest BCUT2D eigenvalue weighted by Crippen LogP contribution is 2.32. The average Bonchev–Trinajstić information content (AvgIpc) is 2.38. The molecule has 6 heteroatoms. The first-order valence-corrected chi connectivity index (χ1v) is 6.58. The molecule has 0 spiro atoms. The first kappa shape index (κ1) is 14.4. The van der Waals surface area contributed by atoms with Crippen molar-refractivity contribution in [2.45, 2.75) is 0 Å². The second-order valence-corrected chi connectivity index (χ2v) is 5.15. The van der Waals surface area contributed by atoms with Gasteiger partial charge in [0.1, 0.15) is 23.1 Å². The number of hydrogen-bond donors (Lipinski definition) is 1. The molecular weight excluding hydrogens is 346 g/mol. The van der Waals surface area contributed by atoms with Crippen molar-refractivity contribution in [3.05, 3.63) is 57.0 Å². The van der Waals surface area contributed by atoms with Crippen molar-refractivity contribution in [1.29, 1.82) is 5.26 Å². The zero-order valence-corrected chi connectivity index (χ0v) is 12.3. The summed E-state index contributed by atoms with van der Waals surface area (Å²) in [6, 6.07) is 11.0. The molecule has 100 valence electrons. The molecule has 0 saturated carbocycles. The maximum Gasteiger partial charge on any atom is 0.339 e. The number of rotatable bonds is 3. The molecule has 0 bridgehead atoms. The first-order chi connectivity index (χ1) is 9.51. The van der Waals surface area contributed by atoms with Gasteiger partial charge in [-0.1, -0.05) is 27.5 Å². The molecule has 0 aromatic heterocycles. The van der Waals surface area contributed by atoms with Gasteiger partial charge in [0.15, 0.2) is 0 Å². The van der Waals surface area contributed by atoms with Gasteiger partial charge in [-0.3, -0.25) is 0 Å². The molecule has 0 saturated heterocycles. The van der Waals surface area contributed by atoms with Crippen LogP contribution >= 0.6 is 27.5 Å². The second kappa shape index (κ2) is 5.95. The lowest BCUT2D eigenvalue weighted by Crippen LogP contribution is -2.00. The van der Waals surface area contributed by atoms with Crippen LogP contribution in [-0.2, 0) is 0 Å². The van der Waals surface area contributed by atoms with Gasteiger partial charge < -0.3 is 9.84 Å². The highest BCUT2D eigenvalue weighted by molar-refractivity contribution is 9.10. The molecule has 2 aromatic carbocycles. The lowest BCUT2D eigenvalue weighted by atomic mass is 10.2. The number of carboxylic acids is 1. The predicted octanol–water partition coefficient (Wildman–Crippen LogP) is 4.46. The van der Waals surface area contributed by atoms with Crippen LogP contribution < -0.4 is 4.74 Å². The van der Waals surface area contributed by atoms with Crippen molar-refractivity contribution >= 4 is 33.5 Å². The fourth-order valence-corrected chi connectivity index (χ4v) is 2.05. The Labute approximate surface area is 128 Å². The van der Waals surface area contributed by atoms with Gasteiger partial charge in [-0.05, 0) is 30.3 Å². The molecular formula is C14H7BrClNO3. The largest absolute Gasteiger partial charge is 0.478 e. The molecule has 0 aliphatic heterocycles. The highest BCUT2D eigenvalue weighted by atomic mass is 79.9. The topological polar surface area (TPSA) is 70.3 Å². The van der Waals surface area contributed by atoms with Crippen LogP contribution in [0.4, 0.5) is 0 Å². The van der Waals surface area contributed by atoms with Gasteiger partial charge in [0, 0.05) is 15.6 Å². The van der Waals surface area contributed by atoms with Crippen molar-refractivity contribution in [3.8, 4) is 17.6 Å². The molecule has 0 amide bonds. The zero-order chi connectivity index (χ0) is 14.7. The number of carbonyl (C=O) groups is 1. The first-order valence-electron chi connectivity index (χ1n) is 5.41. The Kier molecular flexibility index (Phi) is 4.28. The molecule has 0 unspecified atom stereocenters. The number of nitriles is 1. The fraction of sp³-hybridized carbons (Fsp3) is 0. The van der Waals surface area contributed by atoms with Crippen LogP contribution in [0.15, 0.2) is 40.9 Å². The summed E-state index contributed by atoms with van der Waals surface area (Å²) in [6.45, 7) is 0. The van der Waals surface area contributed by atoms with E-state index >= 15 is 0 Å². The van der Waals surface area contributed by atoms with E-state index < -0.39 is 5.97 Å². The Morgan fingerprint density at radius 3 is 2.65 bits per heavy atom. The monoisotopic (exact) mass is 351 g/mol. The number of carboxylic acid groups (broad SMARTS) is 1. The molecule has 0 radical (unpaired) electrons. The molecule has 20 heavy (non-hydrogen) atoms. The van der Waals surface area contributed by atoms with Gasteiger partial charge >= 0.3 is 5.97 Å². The van der Waals surface area contributed by atoms with Gasteiger partial charge in [-0.25, -0.2) is 4.79 Å². The number of nitrogens with zero attached hydrogens (tertiary/aromatic N) is 1. The minimum absolute atomic E-state index is 0.0294. The van der Waals surface area contributed by atoms with Crippen molar-refractivity contribution in [1.82, 2.24) is 0 Å². The van der Waals surface area contributed by atoms with Crippen LogP contribution in [0.3, 0.4) is 0 Å². The lowest BCUT2D eigenvalue weighted by molar-refractivity contribution is 0.0694. The minimum atomic E-state index is -1.13. The van der Waals surface area contributed by atoms with Gasteiger partial charge in [0.2, 0.25) is 0 Å². The van der Waals surface area contributed by atoms with E-state index in [9.17, 15) is 4.79 Å². The van der Waals surface area contributed by atoms with Crippen molar-refractivity contribution in [2.24, 2.45) is 0 Å². The molecule has 2 aromatic rings. The Bertz CT molecular complexity index is 725.